The van der Waals surface area contributed by atoms with E-state index in [1.807, 2.05) is 50.2 Å². The summed E-state index contributed by atoms with van der Waals surface area (Å²) in [5.74, 6) is 0. The van der Waals surface area contributed by atoms with Crippen LogP contribution in [-0.4, -0.2) is 0 Å². The number of hydrogen-bond acceptors (Lipinski definition) is 0. The quantitative estimate of drug-likeness (QED) is 0.494. The normalized spacial score (nSPS) is 11.5. The minimum Gasteiger partial charge on any atom is -0.166 e. The molecule has 0 fully saturated rings. The Morgan fingerprint density at radius 3 is 1.54 bits per heavy atom. The van der Waals surface area contributed by atoms with Gasteiger partial charge in [-0.3, -0.25) is 0 Å². The van der Waals surface area contributed by atoms with Gasteiger partial charge in [0.25, 0.3) is 0 Å². The predicted octanol–water partition coefficient (Wildman–Crippen LogP) is 6.66. The fraction of sp³-hybridized carbons (Fsp3) is 0.143. The first-order chi connectivity index (χ1) is 11.3. The van der Waals surface area contributed by atoms with Gasteiger partial charge in [0.15, 0.2) is 0 Å². The van der Waals surface area contributed by atoms with Gasteiger partial charge in [0, 0.05) is 0 Å². The first-order valence-electron chi connectivity index (χ1n) is 7.70. The smallest absolute Gasteiger partial charge is 0.166 e. The van der Waals surface area contributed by atoms with Crippen LogP contribution in [0.1, 0.15) is 16.7 Å². The molecule has 122 valence electrons. The fourth-order valence-electron chi connectivity index (χ4n) is 2.69. The van der Waals surface area contributed by atoms with Crippen LogP contribution in [0.2, 0.25) is 0 Å². The number of alkyl halides is 3. The third kappa shape index (κ3) is 3.35. The molecule has 0 spiro atoms. The van der Waals surface area contributed by atoms with Crippen LogP contribution in [0.5, 0.6) is 0 Å². The van der Waals surface area contributed by atoms with Crippen molar-refractivity contribution in [3.8, 4) is 22.3 Å². The van der Waals surface area contributed by atoms with Crippen LogP contribution in [0.4, 0.5) is 13.2 Å². The van der Waals surface area contributed by atoms with Crippen molar-refractivity contribution in [2.45, 2.75) is 20.0 Å². The lowest BCUT2D eigenvalue weighted by Gasteiger charge is -2.15. The molecule has 3 aromatic carbocycles. The first kappa shape index (κ1) is 16.3. The van der Waals surface area contributed by atoms with Gasteiger partial charge < -0.3 is 0 Å². The molecule has 0 saturated carbocycles. The summed E-state index contributed by atoms with van der Waals surface area (Å²) < 4.78 is 40.7. The van der Waals surface area contributed by atoms with Gasteiger partial charge in [-0.2, -0.15) is 13.2 Å². The lowest BCUT2D eigenvalue weighted by molar-refractivity contribution is -0.137. The topological polar surface area (TPSA) is 0 Å². The third-order valence-corrected chi connectivity index (χ3v) is 4.07. The van der Waals surface area contributed by atoms with Gasteiger partial charge in [-0.15, -0.1) is 0 Å². The maximum Gasteiger partial charge on any atom is 0.417 e. The molecule has 3 heteroatoms. The zero-order valence-corrected chi connectivity index (χ0v) is 13.5. The highest BCUT2D eigenvalue weighted by atomic mass is 19.4. The van der Waals surface area contributed by atoms with E-state index in [4.69, 9.17) is 0 Å². The minimum atomic E-state index is -4.40. The second-order valence-electron chi connectivity index (χ2n) is 5.99. The zero-order valence-electron chi connectivity index (χ0n) is 13.5. The SMILES string of the molecule is Cc1ccc(-c2ccc(-c3ccc(C)cc3)c(C(F)(F)F)c2)cc1. The molecule has 0 saturated heterocycles. The van der Waals surface area contributed by atoms with Crippen molar-refractivity contribution in [3.63, 3.8) is 0 Å². The van der Waals surface area contributed by atoms with Crippen molar-refractivity contribution in [2.24, 2.45) is 0 Å². The lowest BCUT2D eigenvalue weighted by atomic mass is 9.94. The van der Waals surface area contributed by atoms with Crippen molar-refractivity contribution < 1.29 is 13.2 Å². The molecule has 0 bridgehead atoms. The Hall–Kier alpha value is -2.55. The summed E-state index contributed by atoms with van der Waals surface area (Å²) >= 11 is 0. The van der Waals surface area contributed by atoms with E-state index in [1.54, 1.807) is 24.3 Å². The molecule has 0 N–H and O–H groups in total. The Labute approximate surface area is 139 Å². The molecule has 3 rings (SSSR count). The average Bonchev–Trinajstić information content (AvgIpc) is 2.55. The van der Waals surface area contributed by atoms with Gasteiger partial charge in [0.2, 0.25) is 0 Å². The monoisotopic (exact) mass is 326 g/mol. The average molecular weight is 326 g/mol. The van der Waals surface area contributed by atoms with Crippen molar-refractivity contribution in [2.75, 3.05) is 0 Å². The Morgan fingerprint density at radius 1 is 0.583 bits per heavy atom. The summed E-state index contributed by atoms with van der Waals surface area (Å²) in [6, 6.07) is 19.1. The maximum atomic E-state index is 13.6. The summed E-state index contributed by atoms with van der Waals surface area (Å²) in [5.41, 5.74) is 3.61. The molecule has 0 heterocycles. The van der Waals surface area contributed by atoms with Crippen LogP contribution in [0.15, 0.2) is 66.7 Å². The van der Waals surface area contributed by atoms with Gasteiger partial charge in [-0.05, 0) is 42.2 Å². The number of aryl methyl sites for hydroxylation is 2. The molecule has 0 aliphatic heterocycles. The molecule has 0 unspecified atom stereocenters. The molecule has 24 heavy (non-hydrogen) atoms. The van der Waals surface area contributed by atoms with Gasteiger partial charge in [-0.25, -0.2) is 0 Å². The molecular weight excluding hydrogens is 309 g/mol. The fourth-order valence-corrected chi connectivity index (χ4v) is 2.69. The summed E-state index contributed by atoms with van der Waals surface area (Å²) in [7, 11) is 0. The van der Waals surface area contributed by atoms with Crippen molar-refractivity contribution >= 4 is 0 Å². The summed E-state index contributed by atoms with van der Waals surface area (Å²) in [6.45, 7) is 3.86. The molecule has 0 atom stereocenters. The largest absolute Gasteiger partial charge is 0.417 e. The molecule has 0 nitrogen and oxygen atoms in total. The Kier molecular flexibility index (Phi) is 4.18. The molecule has 0 aliphatic carbocycles. The van der Waals surface area contributed by atoms with E-state index in [-0.39, 0.29) is 5.56 Å². The Balaban J connectivity index is 2.14. The zero-order chi connectivity index (χ0) is 17.3. The van der Waals surface area contributed by atoms with E-state index in [0.717, 1.165) is 16.7 Å². The maximum absolute atomic E-state index is 13.6. The van der Waals surface area contributed by atoms with Crippen LogP contribution in [0, 0.1) is 13.8 Å². The van der Waals surface area contributed by atoms with E-state index < -0.39 is 11.7 Å². The molecule has 0 aliphatic rings. The Morgan fingerprint density at radius 2 is 1.04 bits per heavy atom. The highest BCUT2D eigenvalue weighted by Gasteiger charge is 2.34. The lowest BCUT2D eigenvalue weighted by Crippen LogP contribution is -2.07. The summed E-state index contributed by atoms with van der Waals surface area (Å²) in [4.78, 5) is 0. The van der Waals surface area contributed by atoms with Crippen molar-refractivity contribution in [3.05, 3.63) is 83.4 Å². The highest BCUT2D eigenvalue weighted by molar-refractivity contribution is 5.74. The van der Waals surface area contributed by atoms with Gasteiger partial charge in [0.1, 0.15) is 0 Å². The molecule has 0 aromatic heterocycles. The van der Waals surface area contributed by atoms with Crippen molar-refractivity contribution in [1.29, 1.82) is 0 Å². The number of hydrogen-bond donors (Lipinski definition) is 0. The van der Waals surface area contributed by atoms with Gasteiger partial charge in [0.05, 0.1) is 5.56 Å². The van der Waals surface area contributed by atoms with Crippen LogP contribution in [0.25, 0.3) is 22.3 Å². The number of rotatable bonds is 2. The standard InChI is InChI=1S/C21H17F3/c1-14-3-7-16(8-4-14)18-11-12-19(20(13-18)21(22,23)24)17-9-5-15(2)6-10-17/h3-13H,1-2H3. The van der Waals surface area contributed by atoms with E-state index in [0.29, 0.717) is 11.1 Å². The van der Waals surface area contributed by atoms with E-state index in [2.05, 4.69) is 0 Å². The molecule has 0 amide bonds. The Bertz CT molecular complexity index is 842. The summed E-state index contributed by atoms with van der Waals surface area (Å²) in [5, 5.41) is 0. The van der Waals surface area contributed by atoms with Crippen LogP contribution >= 0.6 is 0 Å². The second-order valence-corrected chi connectivity index (χ2v) is 5.99. The van der Waals surface area contributed by atoms with Crippen LogP contribution < -0.4 is 0 Å². The second kappa shape index (κ2) is 6.16. The van der Waals surface area contributed by atoms with Crippen LogP contribution in [0.3, 0.4) is 0 Å². The molecule has 3 aromatic rings. The van der Waals surface area contributed by atoms with Crippen LogP contribution in [-0.2, 0) is 6.18 Å². The van der Waals surface area contributed by atoms with E-state index in [1.165, 1.54) is 6.07 Å². The highest BCUT2D eigenvalue weighted by Crippen LogP contribution is 2.39. The number of halogens is 3. The van der Waals surface area contributed by atoms with Gasteiger partial charge >= 0.3 is 6.18 Å². The minimum absolute atomic E-state index is 0.207. The molecular formula is C21H17F3. The third-order valence-electron chi connectivity index (χ3n) is 4.07. The van der Waals surface area contributed by atoms with E-state index in [9.17, 15) is 13.2 Å². The van der Waals surface area contributed by atoms with Crippen molar-refractivity contribution in [1.82, 2.24) is 0 Å². The predicted molar refractivity (Wildman–Crippen MR) is 91.8 cm³/mol. The number of benzene rings is 3. The summed E-state index contributed by atoms with van der Waals surface area (Å²) in [6.07, 6.45) is -4.40. The first-order valence-corrected chi connectivity index (χ1v) is 7.70. The molecule has 0 radical (unpaired) electrons. The van der Waals surface area contributed by atoms with Gasteiger partial charge in [-0.1, -0.05) is 71.8 Å². The van der Waals surface area contributed by atoms with E-state index >= 15 is 0 Å².